The number of ether oxygens (including phenoxy) is 1. The predicted octanol–water partition coefficient (Wildman–Crippen LogP) is 4.48. The highest BCUT2D eigenvalue weighted by Gasteiger charge is 2.31. The fourth-order valence-corrected chi connectivity index (χ4v) is 3.05. The van der Waals surface area contributed by atoms with Gasteiger partial charge in [-0.2, -0.15) is 0 Å². The van der Waals surface area contributed by atoms with E-state index in [9.17, 15) is 0 Å². The van der Waals surface area contributed by atoms with Gasteiger partial charge >= 0.3 is 0 Å². The maximum absolute atomic E-state index is 6.23. The molecule has 1 aliphatic heterocycles. The maximum atomic E-state index is 6.23. The van der Waals surface area contributed by atoms with E-state index in [1.54, 1.807) is 36.7 Å². The molecule has 1 aliphatic rings. The summed E-state index contributed by atoms with van der Waals surface area (Å²) in [6, 6.07) is 23.4. The van der Waals surface area contributed by atoms with E-state index >= 15 is 0 Å². The molecule has 3 aromatic rings. The van der Waals surface area contributed by atoms with Crippen LogP contribution in [0.4, 0.5) is 5.82 Å². The number of allylic oxidation sites excluding steroid dienone is 2. The Morgan fingerprint density at radius 1 is 1.00 bits per heavy atom. The van der Waals surface area contributed by atoms with Gasteiger partial charge in [0.25, 0.3) is 5.85 Å². The summed E-state index contributed by atoms with van der Waals surface area (Å²) in [5, 5.41) is 3.27. The van der Waals surface area contributed by atoms with Crippen LogP contribution in [-0.2, 0) is 0 Å². The Hall–Kier alpha value is -3.41. The van der Waals surface area contributed by atoms with E-state index in [2.05, 4.69) is 10.3 Å². The SMILES string of the molecule is NC1(Oc2ccnc(N=C(c3ccccc3)c3ccccc3)c2)NC=CC=C1Cl. The molecule has 0 saturated heterocycles. The van der Waals surface area contributed by atoms with Gasteiger partial charge in [0.05, 0.1) is 10.7 Å². The van der Waals surface area contributed by atoms with Gasteiger partial charge in [-0.1, -0.05) is 72.3 Å². The summed E-state index contributed by atoms with van der Waals surface area (Å²) in [5.41, 5.74) is 9.03. The number of rotatable bonds is 5. The molecule has 0 radical (unpaired) electrons. The van der Waals surface area contributed by atoms with Gasteiger partial charge in [-0.15, -0.1) is 0 Å². The molecule has 0 amide bonds. The second-order valence-corrected chi connectivity index (χ2v) is 6.81. The van der Waals surface area contributed by atoms with Gasteiger partial charge in [0, 0.05) is 29.6 Å². The first-order valence-electron chi connectivity index (χ1n) is 9.08. The van der Waals surface area contributed by atoms with E-state index < -0.39 is 5.85 Å². The number of nitrogens with zero attached hydrogens (tertiary/aromatic N) is 2. The Balaban J connectivity index is 1.70. The summed E-state index contributed by atoms with van der Waals surface area (Å²) >= 11 is 6.21. The zero-order valence-electron chi connectivity index (χ0n) is 15.5. The molecule has 5 nitrogen and oxygen atoms in total. The van der Waals surface area contributed by atoms with Gasteiger partial charge in [-0.05, 0) is 18.2 Å². The smallest absolute Gasteiger partial charge is 0.273 e. The minimum Gasteiger partial charge on any atom is -0.450 e. The first kappa shape index (κ1) is 18.9. The van der Waals surface area contributed by atoms with Gasteiger partial charge in [0.15, 0.2) is 5.82 Å². The van der Waals surface area contributed by atoms with Crippen LogP contribution in [0.5, 0.6) is 5.75 Å². The van der Waals surface area contributed by atoms with Crippen LogP contribution in [0.1, 0.15) is 11.1 Å². The molecule has 0 spiro atoms. The summed E-state index contributed by atoms with van der Waals surface area (Å²) in [6.45, 7) is 0. The van der Waals surface area contributed by atoms with Crippen molar-refractivity contribution in [3.63, 3.8) is 0 Å². The topological polar surface area (TPSA) is 72.5 Å². The van der Waals surface area contributed by atoms with Crippen molar-refractivity contribution in [3.05, 3.63) is 114 Å². The third-order valence-electron chi connectivity index (χ3n) is 4.31. The molecule has 1 aromatic heterocycles. The van der Waals surface area contributed by atoms with Gasteiger partial charge < -0.3 is 10.1 Å². The standard InChI is InChI=1S/C23H19ClN4O/c24-20-12-7-14-27-23(20,25)29-19-13-15-26-21(16-19)28-22(17-8-3-1-4-9-17)18-10-5-2-6-11-18/h1-16,27H,25H2. The van der Waals surface area contributed by atoms with Crippen molar-refractivity contribution in [1.82, 2.24) is 10.3 Å². The molecule has 6 heteroatoms. The number of nitrogens with one attached hydrogen (secondary N) is 1. The van der Waals surface area contributed by atoms with Crippen LogP contribution >= 0.6 is 11.6 Å². The monoisotopic (exact) mass is 402 g/mol. The number of dihydropyridines is 1. The van der Waals surface area contributed by atoms with Gasteiger partial charge in [0.2, 0.25) is 0 Å². The molecule has 1 unspecified atom stereocenters. The number of halogens is 1. The minimum atomic E-state index is -1.33. The summed E-state index contributed by atoms with van der Waals surface area (Å²) in [4.78, 5) is 9.17. The Labute approximate surface area is 174 Å². The maximum Gasteiger partial charge on any atom is 0.273 e. The van der Waals surface area contributed by atoms with Crippen molar-refractivity contribution in [1.29, 1.82) is 0 Å². The summed E-state index contributed by atoms with van der Waals surface area (Å²) in [6.07, 6.45) is 6.74. The zero-order chi connectivity index (χ0) is 20.1. The van der Waals surface area contributed by atoms with E-state index in [0.717, 1.165) is 16.8 Å². The number of pyridine rings is 1. The lowest BCUT2D eigenvalue weighted by atomic mass is 10.0. The third-order valence-corrected chi connectivity index (χ3v) is 4.71. The highest BCUT2D eigenvalue weighted by atomic mass is 35.5. The van der Waals surface area contributed by atoms with Crippen LogP contribution in [-0.4, -0.2) is 16.5 Å². The van der Waals surface area contributed by atoms with E-state index in [0.29, 0.717) is 16.6 Å². The Morgan fingerprint density at radius 3 is 2.28 bits per heavy atom. The van der Waals surface area contributed by atoms with Gasteiger partial charge in [-0.25, -0.2) is 9.98 Å². The van der Waals surface area contributed by atoms with E-state index in [1.165, 1.54) is 0 Å². The zero-order valence-corrected chi connectivity index (χ0v) is 16.3. The quantitative estimate of drug-likeness (QED) is 0.487. The molecule has 2 aromatic carbocycles. The molecular formula is C23H19ClN4O. The minimum absolute atomic E-state index is 0.344. The lowest BCUT2D eigenvalue weighted by molar-refractivity contribution is 0.0983. The van der Waals surface area contributed by atoms with Gasteiger partial charge in [0.1, 0.15) is 5.75 Å². The Bertz CT molecular complexity index is 1040. The number of aliphatic imine (C=N–C) groups is 1. The van der Waals surface area contributed by atoms with Crippen LogP contribution in [0.25, 0.3) is 0 Å². The molecule has 0 fully saturated rings. The molecule has 144 valence electrons. The van der Waals surface area contributed by atoms with Crippen molar-refractivity contribution in [2.24, 2.45) is 10.7 Å². The molecule has 0 bridgehead atoms. The number of aromatic nitrogens is 1. The lowest BCUT2D eigenvalue weighted by Gasteiger charge is -2.31. The molecule has 29 heavy (non-hydrogen) atoms. The second-order valence-electron chi connectivity index (χ2n) is 6.40. The molecule has 0 aliphatic carbocycles. The van der Waals surface area contributed by atoms with Crippen molar-refractivity contribution < 1.29 is 4.74 Å². The molecular weight excluding hydrogens is 384 g/mol. The van der Waals surface area contributed by atoms with Crippen LogP contribution < -0.4 is 15.8 Å². The van der Waals surface area contributed by atoms with Crippen molar-refractivity contribution in [3.8, 4) is 5.75 Å². The average molecular weight is 403 g/mol. The largest absolute Gasteiger partial charge is 0.450 e. The van der Waals surface area contributed by atoms with Crippen molar-refractivity contribution in [2.45, 2.75) is 5.85 Å². The second kappa shape index (κ2) is 8.31. The Kier molecular flexibility index (Phi) is 5.42. The van der Waals surface area contributed by atoms with Gasteiger partial charge in [-0.3, -0.25) is 5.73 Å². The number of benzene rings is 2. The van der Waals surface area contributed by atoms with Crippen LogP contribution in [0.3, 0.4) is 0 Å². The van der Waals surface area contributed by atoms with Crippen LogP contribution in [0, 0.1) is 0 Å². The highest BCUT2D eigenvalue weighted by molar-refractivity contribution is 6.30. The summed E-state index contributed by atoms with van der Waals surface area (Å²) in [5.74, 6) is -0.336. The Morgan fingerprint density at radius 2 is 1.66 bits per heavy atom. The fraction of sp³-hybridized carbons (Fsp3) is 0.0435. The lowest BCUT2D eigenvalue weighted by Crippen LogP contribution is -2.57. The first-order chi connectivity index (χ1) is 14.1. The first-order valence-corrected chi connectivity index (χ1v) is 9.46. The number of hydrogen-bond acceptors (Lipinski definition) is 5. The van der Waals surface area contributed by atoms with E-state index in [-0.39, 0.29) is 0 Å². The van der Waals surface area contributed by atoms with E-state index in [4.69, 9.17) is 27.1 Å². The van der Waals surface area contributed by atoms with Crippen LogP contribution in [0.2, 0.25) is 0 Å². The van der Waals surface area contributed by atoms with Crippen molar-refractivity contribution >= 4 is 23.1 Å². The fourth-order valence-electron chi connectivity index (χ4n) is 2.89. The summed E-state index contributed by atoms with van der Waals surface area (Å²) in [7, 11) is 0. The van der Waals surface area contributed by atoms with E-state index in [1.807, 2.05) is 60.7 Å². The van der Waals surface area contributed by atoms with Crippen LogP contribution in [0.15, 0.2) is 107 Å². The highest BCUT2D eigenvalue weighted by Crippen LogP contribution is 2.26. The number of hydrogen-bond donors (Lipinski definition) is 2. The third kappa shape index (κ3) is 4.37. The number of nitrogens with two attached hydrogens (primary N) is 1. The molecule has 4 rings (SSSR count). The average Bonchev–Trinajstić information content (AvgIpc) is 2.76. The molecule has 2 heterocycles. The molecule has 1 atom stereocenters. The normalized spacial score (nSPS) is 17.8. The molecule has 3 N–H and O–H groups in total. The molecule has 0 saturated carbocycles. The summed E-state index contributed by atoms with van der Waals surface area (Å²) < 4.78 is 5.89. The van der Waals surface area contributed by atoms with Crippen molar-refractivity contribution in [2.75, 3.05) is 0 Å². The predicted molar refractivity (Wildman–Crippen MR) is 116 cm³/mol.